The van der Waals surface area contributed by atoms with Gasteiger partial charge < -0.3 is 9.88 Å². The van der Waals surface area contributed by atoms with E-state index in [1.54, 1.807) is 24.5 Å². The van der Waals surface area contributed by atoms with Gasteiger partial charge in [-0.2, -0.15) is 0 Å². The van der Waals surface area contributed by atoms with E-state index < -0.39 is 10.0 Å². The van der Waals surface area contributed by atoms with Gasteiger partial charge in [-0.3, -0.25) is 0 Å². The Hall–Kier alpha value is -2.71. The fourth-order valence-electron chi connectivity index (χ4n) is 3.28. The predicted octanol–water partition coefficient (Wildman–Crippen LogP) is 3.40. The van der Waals surface area contributed by atoms with E-state index in [0.717, 1.165) is 5.69 Å². The van der Waals surface area contributed by atoms with Crippen molar-refractivity contribution in [2.45, 2.75) is 30.1 Å². The van der Waals surface area contributed by atoms with Gasteiger partial charge in [-0.1, -0.05) is 12.5 Å². The van der Waals surface area contributed by atoms with E-state index in [0.29, 0.717) is 23.0 Å². The predicted molar refractivity (Wildman–Crippen MR) is 109 cm³/mol. The number of hydrogen-bond donors (Lipinski definition) is 2. The van der Waals surface area contributed by atoms with Crippen molar-refractivity contribution in [3.8, 4) is 11.3 Å². The van der Waals surface area contributed by atoms with E-state index >= 15 is 0 Å². The number of hydrogen-bond acceptors (Lipinski definition) is 5. The lowest BCUT2D eigenvalue weighted by atomic mass is 9.81. The third-order valence-electron chi connectivity index (χ3n) is 5.18. The van der Waals surface area contributed by atoms with Gasteiger partial charge >= 0.3 is 0 Å². The Morgan fingerprint density at radius 1 is 1.14 bits per heavy atom. The van der Waals surface area contributed by atoms with Crippen LogP contribution in [-0.2, 0) is 17.1 Å². The summed E-state index contributed by atoms with van der Waals surface area (Å²) in [5.41, 5.74) is 3.40. The minimum absolute atomic E-state index is 0.189. The van der Waals surface area contributed by atoms with Gasteiger partial charge in [0.15, 0.2) is 0 Å². The SMILES string of the molecule is CNS(=O)(=O)c1ccc(Nc2ccc(C3CCC3)cn2)c(-c2cn(C)cn2)c1. The highest BCUT2D eigenvalue weighted by atomic mass is 32.2. The zero-order valence-corrected chi connectivity index (χ0v) is 16.7. The maximum atomic E-state index is 12.2. The van der Waals surface area contributed by atoms with Gasteiger partial charge in [-0.15, -0.1) is 0 Å². The van der Waals surface area contributed by atoms with Crippen molar-refractivity contribution in [1.82, 2.24) is 19.3 Å². The zero-order chi connectivity index (χ0) is 19.7. The summed E-state index contributed by atoms with van der Waals surface area (Å²) < 4.78 is 28.6. The van der Waals surface area contributed by atoms with Crippen molar-refractivity contribution >= 4 is 21.5 Å². The van der Waals surface area contributed by atoms with Crippen molar-refractivity contribution < 1.29 is 8.42 Å². The Bertz CT molecular complexity index is 1090. The lowest BCUT2D eigenvalue weighted by Gasteiger charge is -2.25. The molecule has 3 aromatic rings. The van der Waals surface area contributed by atoms with E-state index in [1.165, 1.54) is 31.9 Å². The van der Waals surface area contributed by atoms with Crippen molar-refractivity contribution in [2.24, 2.45) is 7.05 Å². The molecule has 0 aliphatic heterocycles. The minimum atomic E-state index is -3.55. The van der Waals surface area contributed by atoms with Crippen LogP contribution in [0.1, 0.15) is 30.7 Å². The van der Waals surface area contributed by atoms with Crippen molar-refractivity contribution in [3.63, 3.8) is 0 Å². The summed E-state index contributed by atoms with van der Waals surface area (Å²) in [6, 6.07) is 9.02. The van der Waals surface area contributed by atoms with E-state index in [1.807, 2.05) is 30.1 Å². The van der Waals surface area contributed by atoms with E-state index in [4.69, 9.17) is 0 Å². The van der Waals surface area contributed by atoms with Crippen LogP contribution in [0.5, 0.6) is 0 Å². The number of pyridine rings is 1. The summed E-state index contributed by atoms with van der Waals surface area (Å²) in [7, 11) is -0.279. The molecule has 0 radical (unpaired) electrons. The van der Waals surface area contributed by atoms with Gasteiger partial charge in [0.05, 0.1) is 16.9 Å². The average molecular weight is 398 g/mol. The average Bonchev–Trinajstić information content (AvgIpc) is 3.08. The van der Waals surface area contributed by atoms with E-state index in [-0.39, 0.29) is 4.90 Å². The van der Waals surface area contributed by atoms with Crippen LogP contribution in [-0.4, -0.2) is 30.0 Å². The maximum Gasteiger partial charge on any atom is 0.240 e. The number of imidazole rings is 1. The largest absolute Gasteiger partial charge is 0.340 e. The highest BCUT2D eigenvalue weighted by Crippen LogP contribution is 2.36. The third-order valence-corrected chi connectivity index (χ3v) is 6.59. The molecule has 7 nitrogen and oxygen atoms in total. The van der Waals surface area contributed by atoms with Crippen LogP contribution >= 0.6 is 0 Å². The first kappa shape index (κ1) is 18.6. The molecular formula is C20H23N5O2S. The summed E-state index contributed by atoms with van der Waals surface area (Å²) >= 11 is 0. The Kier molecular flexibility index (Phi) is 4.91. The van der Waals surface area contributed by atoms with Crippen LogP contribution in [0.2, 0.25) is 0 Å². The van der Waals surface area contributed by atoms with Gasteiger partial charge in [0.25, 0.3) is 0 Å². The first-order valence-corrected chi connectivity index (χ1v) is 10.7. The van der Waals surface area contributed by atoms with Gasteiger partial charge in [-0.25, -0.2) is 23.1 Å². The van der Waals surface area contributed by atoms with E-state index in [9.17, 15) is 8.42 Å². The number of sulfonamides is 1. The Balaban J connectivity index is 1.69. The molecule has 1 aromatic carbocycles. The maximum absolute atomic E-state index is 12.2. The molecule has 2 N–H and O–H groups in total. The number of nitrogens with zero attached hydrogens (tertiary/aromatic N) is 3. The number of nitrogens with one attached hydrogen (secondary N) is 2. The van der Waals surface area contributed by atoms with Crippen LogP contribution in [0.25, 0.3) is 11.3 Å². The molecule has 1 aliphatic rings. The number of aromatic nitrogens is 3. The second-order valence-corrected chi connectivity index (χ2v) is 8.96. The third kappa shape index (κ3) is 3.65. The molecule has 1 saturated carbocycles. The first-order valence-electron chi connectivity index (χ1n) is 9.25. The smallest absolute Gasteiger partial charge is 0.240 e. The Morgan fingerprint density at radius 3 is 2.54 bits per heavy atom. The van der Waals surface area contributed by atoms with Crippen LogP contribution < -0.4 is 10.0 Å². The molecule has 0 saturated heterocycles. The summed E-state index contributed by atoms with van der Waals surface area (Å²) in [6.45, 7) is 0. The van der Waals surface area contributed by atoms with Crippen LogP contribution in [0.3, 0.4) is 0 Å². The highest BCUT2D eigenvalue weighted by molar-refractivity contribution is 7.89. The quantitative estimate of drug-likeness (QED) is 0.665. The molecule has 4 rings (SSSR count). The molecule has 0 amide bonds. The van der Waals surface area contributed by atoms with Gasteiger partial charge in [0, 0.05) is 30.7 Å². The van der Waals surface area contributed by atoms with Crippen molar-refractivity contribution in [1.29, 1.82) is 0 Å². The minimum Gasteiger partial charge on any atom is -0.340 e. The topological polar surface area (TPSA) is 88.9 Å². The zero-order valence-electron chi connectivity index (χ0n) is 15.9. The first-order chi connectivity index (χ1) is 13.5. The normalized spacial score (nSPS) is 14.6. The van der Waals surface area contributed by atoms with E-state index in [2.05, 4.69) is 26.1 Å². The lowest BCUT2D eigenvalue weighted by Crippen LogP contribution is -2.18. The number of rotatable bonds is 6. The summed E-state index contributed by atoms with van der Waals surface area (Å²) in [5, 5.41) is 3.30. The summed E-state index contributed by atoms with van der Waals surface area (Å²) in [5.74, 6) is 1.35. The fraction of sp³-hybridized carbons (Fsp3) is 0.300. The molecule has 0 unspecified atom stereocenters. The molecule has 0 bridgehead atoms. The molecule has 0 spiro atoms. The summed E-state index contributed by atoms with van der Waals surface area (Å²) in [6.07, 6.45) is 9.22. The van der Waals surface area contributed by atoms with Gasteiger partial charge in [0.2, 0.25) is 10.0 Å². The van der Waals surface area contributed by atoms with Gasteiger partial charge in [-0.05, 0) is 55.6 Å². The van der Waals surface area contributed by atoms with Crippen molar-refractivity contribution in [2.75, 3.05) is 12.4 Å². The Morgan fingerprint density at radius 2 is 1.96 bits per heavy atom. The van der Waals surface area contributed by atoms with Crippen LogP contribution in [0.15, 0.2) is 53.9 Å². The fourth-order valence-corrected chi connectivity index (χ4v) is 4.04. The molecule has 28 heavy (non-hydrogen) atoms. The molecule has 146 valence electrons. The highest BCUT2D eigenvalue weighted by Gasteiger charge is 2.20. The van der Waals surface area contributed by atoms with Crippen molar-refractivity contribution in [3.05, 3.63) is 54.6 Å². The van der Waals surface area contributed by atoms with Gasteiger partial charge in [0.1, 0.15) is 5.82 Å². The molecule has 1 fully saturated rings. The second-order valence-electron chi connectivity index (χ2n) is 7.07. The number of anilines is 2. The second kappa shape index (κ2) is 7.37. The molecular weight excluding hydrogens is 374 g/mol. The monoisotopic (exact) mass is 397 g/mol. The standard InChI is InChI=1S/C20H23N5O2S/c1-21-28(26,27)16-7-8-18(17(10-16)19-12-25(2)13-23-19)24-20-9-6-15(11-22-20)14-4-3-5-14/h6-14,21H,3-5H2,1-2H3,(H,22,24). The van der Waals surface area contributed by atoms with Crippen LogP contribution in [0.4, 0.5) is 11.5 Å². The molecule has 0 atom stereocenters. The summed E-state index contributed by atoms with van der Waals surface area (Å²) in [4.78, 5) is 9.11. The Labute approximate surface area is 164 Å². The lowest BCUT2D eigenvalue weighted by molar-refractivity contribution is 0.419. The molecule has 8 heteroatoms. The number of benzene rings is 1. The molecule has 2 aromatic heterocycles. The van der Waals surface area contributed by atoms with Crippen LogP contribution in [0, 0.1) is 0 Å². The molecule has 1 aliphatic carbocycles. The molecule has 2 heterocycles. The number of aryl methyl sites for hydroxylation is 1.